The fraction of sp³-hybridized carbons (Fsp3) is 0.875. The largest absolute Gasteiger partial charge is 0.463 e. The highest BCUT2D eigenvalue weighted by molar-refractivity contribution is 5.69. The average Bonchev–Trinajstić information content (AvgIpc) is 2.57. The first-order chi connectivity index (χ1) is 12.5. The molecule has 26 heavy (non-hydrogen) atoms. The van der Waals surface area contributed by atoms with E-state index in [1.54, 1.807) is 0 Å². The molecule has 0 radical (unpaired) electrons. The number of unbranched alkanes of at least 4 members (excludes halogenated alkanes) is 7. The molecule has 2 heteroatoms. The van der Waals surface area contributed by atoms with Crippen molar-refractivity contribution < 1.29 is 9.53 Å². The lowest BCUT2D eigenvalue weighted by atomic mass is 9.86. The molecular weight excluding hydrogens is 320 g/mol. The van der Waals surface area contributed by atoms with E-state index in [2.05, 4.69) is 32.9 Å². The summed E-state index contributed by atoms with van der Waals surface area (Å²) in [4.78, 5) is 11.4. The number of carbonyl (C=O) groups is 1. The van der Waals surface area contributed by atoms with E-state index in [-0.39, 0.29) is 12.1 Å². The van der Waals surface area contributed by atoms with E-state index in [9.17, 15) is 4.79 Å². The van der Waals surface area contributed by atoms with Gasteiger partial charge in [0.25, 0.3) is 0 Å². The molecule has 0 saturated heterocycles. The van der Waals surface area contributed by atoms with E-state index in [0.29, 0.717) is 6.42 Å². The van der Waals surface area contributed by atoms with Crippen LogP contribution in [0.4, 0.5) is 0 Å². The maximum atomic E-state index is 11.4. The highest BCUT2D eigenvalue weighted by Crippen LogP contribution is 2.24. The van der Waals surface area contributed by atoms with E-state index in [1.807, 2.05) is 13.8 Å². The van der Waals surface area contributed by atoms with Crippen LogP contribution in [0.3, 0.4) is 0 Å². The maximum Gasteiger partial charge on any atom is 0.306 e. The van der Waals surface area contributed by atoms with Crippen LogP contribution in [-0.2, 0) is 9.53 Å². The summed E-state index contributed by atoms with van der Waals surface area (Å²) < 4.78 is 5.14. The van der Waals surface area contributed by atoms with Crippen LogP contribution in [0.5, 0.6) is 0 Å². The van der Waals surface area contributed by atoms with E-state index in [0.717, 1.165) is 24.7 Å². The Bertz CT molecular complexity index is 344. The summed E-state index contributed by atoms with van der Waals surface area (Å²) in [7, 11) is 0. The summed E-state index contributed by atoms with van der Waals surface area (Å²) in [6, 6.07) is 0. The van der Waals surface area contributed by atoms with Gasteiger partial charge in [-0.2, -0.15) is 0 Å². The molecule has 0 heterocycles. The van der Waals surface area contributed by atoms with Gasteiger partial charge in [0.05, 0.1) is 6.10 Å². The number of ether oxygens (including phenoxy) is 1. The van der Waals surface area contributed by atoms with Crippen LogP contribution >= 0.6 is 0 Å². The molecule has 0 amide bonds. The van der Waals surface area contributed by atoms with Gasteiger partial charge in [0.1, 0.15) is 0 Å². The van der Waals surface area contributed by atoms with Crippen LogP contribution in [0.2, 0.25) is 0 Å². The zero-order valence-electron chi connectivity index (χ0n) is 18.4. The molecule has 0 rings (SSSR count). The van der Waals surface area contributed by atoms with Crippen molar-refractivity contribution in [2.45, 2.75) is 124 Å². The summed E-state index contributed by atoms with van der Waals surface area (Å²) in [5, 5.41) is 0. The van der Waals surface area contributed by atoms with Gasteiger partial charge in [0, 0.05) is 6.42 Å². The maximum absolute atomic E-state index is 11.4. The van der Waals surface area contributed by atoms with Gasteiger partial charge in [-0.25, -0.2) is 0 Å². The fourth-order valence-corrected chi connectivity index (χ4v) is 3.40. The first-order valence-corrected chi connectivity index (χ1v) is 11.3. The first-order valence-electron chi connectivity index (χ1n) is 11.3. The highest BCUT2D eigenvalue weighted by atomic mass is 16.5. The topological polar surface area (TPSA) is 26.3 Å². The second-order valence-corrected chi connectivity index (χ2v) is 8.39. The van der Waals surface area contributed by atoms with Crippen molar-refractivity contribution in [3.63, 3.8) is 0 Å². The Labute approximate surface area is 164 Å². The fourth-order valence-electron chi connectivity index (χ4n) is 3.40. The van der Waals surface area contributed by atoms with Crippen molar-refractivity contribution in [3.05, 3.63) is 12.2 Å². The van der Waals surface area contributed by atoms with Gasteiger partial charge in [-0.15, -0.1) is 0 Å². The molecule has 2 nitrogen and oxygen atoms in total. The lowest BCUT2D eigenvalue weighted by Crippen LogP contribution is -2.10. The van der Waals surface area contributed by atoms with E-state index >= 15 is 0 Å². The molecule has 0 aromatic heterocycles. The summed E-state index contributed by atoms with van der Waals surface area (Å²) in [5.74, 6) is 1.67. The van der Waals surface area contributed by atoms with E-state index in [4.69, 9.17) is 4.74 Å². The number of hydrogen-bond acceptors (Lipinski definition) is 2. The van der Waals surface area contributed by atoms with Gasteiger partial charge in [-0.3, -0.25) is 4.79 Å². The molecule has 0 spiro atoms. The van der Waals surface area contributed by atoms with Crippen LogP contribution < -0.4 is 0 Å². The van der Waals surface area contributed by atoms with Crippen molar-refractivity contribution in [2.24, 2.45) is 11.8 Å². The van der Waals surface area contributed by atoms with Crippen LogP contribution in [-0.4, -0.2) is 12.1 Å². The van der Waals surface area contributed by atoms with Crippen molar-refractivity contribution >= 4 is 5.97 Å². The quantitative estimate of drug-likeness (QED) is 0.149. The van der Waals surface area contributed by atoms with Crippen molar-refractivity contribution in [1.29, 1.82) is 0 Å². The predicted molar refractivity (Wildman–Crippen MR) is 114 cm³/mol. The standard InChI is InChI=1S/C24H46O2/c1-6-7-15-18-23(21(2)3)19-16-13-11-9-8-10-12-14-17-20-24(25)26-22(4)5/h11,13,21-23H,6-10,12,14-20H2,1-5H3/b13-11-. The van der Waals surface area contributed by atoms with Gasteiger partial charge in [-0.1, -0.05) is 77.9 Å². The van der Waals surface area contributed by atoms with Crippen LogP contribution in [0.1, 0.15) is 118 Å². The zero-order valence-corrected chi connectivity index (χ0v) is 18.4. The Morgan fingerprint density at radius 1 is 0.808 bits per heavy atom. The van der Waals surface area contributed by atoms with Gasteiger partial charge in [0.15, 0.2) is 0 Å². The van der Waals surface area contributed by atoms with Crippen molar-refractivity contribution in [1.82, 2.24) is 0 Å². The minimum atomic E-state index is -0.0441. The van der Waals surface area contributed by atoms with Crippen LogP contribution in [0, 0.1) is 11.8 Å². The zero-order chi connectivity index (χ0) is 19.6. The van der Waals surface area contributed by atoms with Gasteiger partial charge in [0.2, 0.25) is 0 Å². The minimum Gasteiger partial charge on any atom is -0.463 e. The predicted octanol–water partition coefficient (Wildman–Crippen LogP) is 7.86. The lowest BCUT2D eigenvalue weighted by Gasteiger charge is -2.20. The summed E-state index contributed by atoms with van der Waals surface area (Å²) in [6.45, 7) is 10.8. The molecule has 1 unspecified atom stereocenters. The minimum absolute atomic E-state index is 0.0152. The number of rotatable bonds is 17. The molecule has 154 valence electrons. The first kappa shape index (κ1) is 25.2. The Hall–Kier alpha value is -0.790. The monoisotopic (exact) mass is 366 g/mol. The second-order valence-electron chi connectivity index (χ2n) is 8.39. The highest BCUT2D eigenvalue weighted by Gasteiger charge is 2.11. The Morgan fingerprint density at radius 3 is 2.12 bits per heavy atom. The number of esters is 1. The van der Waals surface area contributed by atoms with Crippen molar-refractivity contribution in [3.8, 4) is 0 Å². The van der Waals surface area contributed by atoms with E-state index < -0.39 is 0 Å². The Kier molecular flexibility index (Phi) is 17.1. The molecule has 1 atom stereocenters. The molecule has 0 aromatic carbocycles. The van der Waals surface area contributed by atoms with E-state index in [1.165, 1.54) is 64.2 Å². The number of hydrogen-bond donors (Lipinski definition) is 0. The second kappa shape index (κ2) is 17.6. The summed E-state index contributed by atoms with van der Waals surface area (Å²) in [6.07, 6.45) is 20.6. The number of carbonyl (C=O) groups excluding carboxylic acids is 1. The summed E-state index contributed by atoms with van der Waals surface area (Å²) in [5.41, 5.74) is 0. The Balaban J connectivity index is 3.53. The molecule has 0 aliphatic heterocycles. The van der Waals surface area contributed by atoms with Gasteiger partial charge < -0.3 is 4.74 Å². The summed E-state index contributed by atoms with van der Waals surface area (Å²) >= 11 is 0. The van der Waals surface area contributed by atoms with Gasteiger partial charge >= 0.3 is 5.97 Å². The Morgan fingerprint density at radius 2 is 1.46 bits per heavy atom. The van der Waals surface area contributed by atoms with Crippen LogP contribution in [0.15, 0.2) is 12.2 Å². The lowest BCUT2D eigenvalue weighted by molar-refractivity contribution is -0.147. The molecule has 0 saturated carbocycles. The van der Waals surface area contributed by atoms with Crippen molar-refractivity contribution in [2.75, 3.05) is 0 Å². The molecule has 0 aromatic rings. The third-order valence-electron chi connectivity index (χ3n) is 5.11. The van der Waals surface area contributed by atoms with Crippen LogP contribution in [0.25, 0.3) is 0 Å². The number of allylic oxidation sites excluding steroid dienone is 2. The average molecular weight is 367 g/mol. The van der Waals surface area contributed by atoms with Gasteiger partial charge in [-0.05, 0) is 57.8 Å². The third kappa shape index (κ3) is 16.7. The molecule has 0 N–H and O–H groups in total. The molecular formula is C24H46O2. The SMILES string of the molecule is CCCCCC(CC/C=C\CCCCCCCC(=O)OC(C)C)C(C)C. The molecule has 0 bridgehead atoms. The molecule has 0 aliphatic carbocycles. The smallest absolute Gasteiger partial charge is 0.306 e. The third-order valence-corrected chi connectivity index (χ3v) is 5.11. The molecule has 0 aliphatic rings. The molecule has 0 fully saturated rings. The normalized spacial score (nSPS) is 13.0.